The molecule has 4 heteroatoms. The van der Waals surface area contributed by atoms with E-state index in [1.54, 1.807) is 36.0 Å². The highest BCUT2D eigenvalue weighted by molar-refractivity contribution is 8.00. The Morgan fingerprint density at radius 3 is 2.57 bits per heavy atom. The lowest BCUT2D eigenvalue weighted by Crippen LogP contribution is -2.06. The second-order valence-corrected chi connectivity index (χ2v) is 4.31. The van der Waals surface area contributed by atoms with Crippen LogP contribution in [0.3, 0.4) is 0 Å². The molecule has 1 aromatic rings. The zero-order valence-electron chi connectivity index (χ0n) is 7.70. The van der Waals surface area contributed by atoms with Crippen LogP contribution in [0.2, 0.25) is 5.02 Å². The molecule has 2 nitrogen and oxygen atoms in total. The van der Waals surface area contributed by atoms with Crippen LogP contribution in [-0.2, 0) is 0 Å². The number of nitrogens with two attached hydrogens (primary N) is 1. The molecule has 0 radical (unpaired) electrons. The van der Waals surface area contributed by atoms with Gasteiger partial charge in [-0.15, -0.1) is 0 Å². The van der Waals surface area contributed by atoms with Gasteiger partial charge in [0.1, 0.15) is 0 Å². The molecule has 0 atom stereocenters. The minimum atomic E-state index is 0.125. The Bertz CT molecular complexity index is 299. The maximum atomic E-state index is 11.5. The van der Waals surface area contributed by atoms with Crippen LogP contribution in [0.4, 0.5) is 0 Å². The van der Waals surface area contributed by atoms with Crippen LogP contribution in [0.5, 0.6) is 0 Å². The molecule has 14 heavy (non-hydrogen) atoms. The van der Waals surface area contributed by atoms with Gasteiger partial charge < -0.3 is 5.73 Å². The normalized spacial score (nSPS) is 10.1. The number of thioether (sulfide) groups is 1. The highest BCUT2D eigenvalue weighted by Crippen LogP contribution is 2.11. The first-order valence-corrected chi connectivity index (χ1v) is 5.84. The highest BCUT2D eigenvalue weighted by Gasteiger charge is 2.04. The Hall–Kier alpha value is -0.510. The first-order chi connectivity index (χ1) is 6.74. The fourth-order valence-electron chi connectivity index (χ4n) is 0.967. The molecular weight excluding hydrogens is 218 g/mol. The number of ketones is 1. The van der Waals surface area contributed by atoms with Gasteiger partial charge in [0.25, 0.3) is 0 Å². The summed E-state index contributed by atoms with van der Waals surface area (Å²) in [4.78, 5) is 11.5. The summed E-state index contributed by atoms with van der Waals surface area (Å²) >= 11 is 7.26. The Kier molecular flexibility index (Phi) is 5.01. The Balaban J connectivity index is 2.48. The van der Waals surface area contributed by atoms with Crippen molar-refractivity contribution >= 4 is 29.1 Å². The minimum Gasteiger partial charge on any atom is -0.330 e. The minimum absolute atomic E-state index is 0.125. The van der Waals surface area contributed by atoms with E-state index in [0.29, 0.717) is 22.9 Å². The molecule has 0 amide bonds. The molecule has 0 aliphatic heterocycles. The van der Waals surface area contributed by atoms with Gasteiger partial charge in [-0.3, -0.25) is 4.79 Å². The van der Waals surface area contributed by atoms with E-state index in [0.717, 1.165) is 5.75 Å². The van der Waals surface area contributed by atoms with E-state index in [4.69, 9.17) is 17.3 Å². The molecule has 0 spiro atoms. The van der Waals surface area contributed by atoms with Crippen molar-refractivity contribution in [2.45, 2.75) is 0 Å². The first kappa shape index (κ1) is 11.6. The summed E-state index contributed by atoms with van der Waals surface area (Å²) in [5, 5.41) is 0.649. The molecule has 0 aromatic heterocycles. The molecule has 0 bridgehead atoms. The number of benzene rings is 1. The van der Waals surface area contributed by atoms with Crippen molar-refractivity contribution in [2.75, 3.05) is 18.1 Å². The van der Waals surface area contributed by atoms with Crippen molar-refractivity contribution in [1.29, 1.82) is 0 Å². The number of carbonyl (C=O) groups excluding carboxylic acids is 1. The third kappa shape index (κ3) is 3.70. The molecule has 76 valence electrons. The van der Waals surface area contributed by atoms with Crippen LogP contribution in [0.15, 0.2) is 24.3 Å². The molecular formula is C10H12ClNOS. The second kappa shape index (κ2) is 6.06. The summed E-state index contributed by atoms with van der Waals surface area (Å²) in [6.07, 6.45) is 0. The van der Waals surface area contributed by atoms with Gasteiger partial charge in [0.05, 0.1) is 5.75 Å². The van der Waals surface area contributed by atoms with E-state index >= 15 is 0 Å². The number of carbonyl (C=O) groups is 1. The van der Waals surface area contributed by atoms with E-state index in [9.17, 15) is 4.79 Å². The van der Waals surface area contributed by atoms with Gasteiger partial charge in [0.2, 0.25) is 0 Å². The maximum absolute atomic E-state index is 11.5. The summed E-state index contributed by atoms with van der Waals surface area (Å²) in [6.45, 7) is 0.610. The van der Waals surface area contributed by atoms with Crippen molar-refractivity contribution in [3.8, 4) is 0 Å². The van der Waals surface area contributed by atoms with Crippen molar-refractivity contribution in [1.82, 2.24) is 0 Å². The van der Waals surface area contributed by atoms with Gasteiger partial charge in [-0.25, -0.2) is 0 Å². The van der Waals surface area contributed by atoms with Crippen LogP contribution in [0, 0.1) is 0 Å². The molecule has 1 rings (SSSR count). The average Bonchev–Trinajstić information content (AvgIpc) is 2.19. The van der Waals surface area contributed by atoms with Gasteiger partial charge in [-0.2, -0.15) is 11.8 Å². The van der Waals surface area contributed by atoms with Crippen LogP contribution in [0.25, 0.3) is 0 Å². The zero-order chi connectivity index (χ0) is 10.4. The topological polar surface area (TPSA) is 43.1 Å². The van der Waals surface area contributed by atoms with E-state index < -0.39 is 0 Å². The maximum Gasteiger partial charge on any atom is 0.172 e. The van der Waals surface area contributed by atoms with Crippen LogP contribution < -0.4 is 5.73 Å². The Morgan fingerprint density at radius 1 is 1.36 bits per heavy atom. The predicted octanol–water partition coefficient (Wildman–Crippen LogP) is 2.21. The quantitative estimate of drug-likeness (QED) is 0.622. The number of hydrogen-bond acceptors (Lipinski definition) is 3. The lowest BCUT2D eigenvalue weighted by atomic mass is 10.1. The molecule has 0 aliphatic carbocycles. The molecule has 1 aromatic carbocycles. The number of halogens is 1. The molecule has 2 N–H and O–H groups in total. The first-order valence-electron chi connectivity index (χ1n) is 4.30. The summed E-state index contributed by atoms with van der Waals surface area (Å²) in [5.41, 5.74) is 6.03. The average molecular weight is 230 g/mol. The number of rotatable bonds is 5. The molecule has 0 heterocycles. The van der Waals surface area contributed by atoms with E-state index in [2.05, 4.69) is 0 Å². The third-order valence-electron chi connectivity index (χ3n) is 1.66. The standard InChI is InChI=1S/C10H12ClNOS/c11-9-3-1-8(2-4-9)10(13)7-14-6-5-12/h1-4H,5-7,12H2. The summed E-state index contributed by atoms with van der Waals surface area (Å²) in [6, 6.07) is 6.94. The SMILES string of the molecule is NCCSCC(=O)c1ccc(Cl)cc1. The van der Waals surface area contributed by atoms with Crippen molar-refractivity contribution in [2.24, 2.45) is 5.73 Å². The van der Waals surface area contributed by atoms with E-state index in [1.807, 2.05) is 0 Å². The molecule has 0 aliphatic rings. The van der Waals surface area contributed by atoms with Crippen LogP contribution in [0.1, 0.15) is 10.4 Å². The lowest BCUT2D eigenvalue weighted by Gasteiger charge is -2.00. The zero-order valence-corrected chi connectivity index (χ0v) is 9.27. The molecule has 0 fully saturated rings. The Morgan fingerprint density at radius 2 is 2.00 bits per heavy atom. The largest absolute Gasteiger partial charge is 0.330 e. The highest BCUT2D eigenvalue weighted by atomic mass is 35.5. The second-order valence-electron chi connectivity index (χ2n) is 2.77. The summed E-state index contributed by atoms with van der Waals surface area (Å²) < 4.78 is 0. The smallest absolute Gasteiger partial charge is 0.172 e. The third-order valence-corrected chi connectivity index (χ3v) is 2.90. The van der Waals surface area contributed by atoms with E-state index in [-0.39, 0.29) is 5.78 Å². The van der Waals surface area contributed by atoms with Crippen molar-refractivity contribution < 1.29 is 4.79 Å². The van der Waals surface area contributed by atoms with Crippen LogP contribution in [-0.4, -0.2) is 23.8 Å². The van der Waals surface area contributed by atoms with Crippen LogP contribution >= 0.6 is 23.4 Å². The fraction of sp³-hybridized carbons (Fsp3) is 0.300. The molecule has 0 saturated carbocycles. The van der Waals surface area contributed by atoms with Gasteiger partial charge in [0, 0.05) is 22.9 Å². The van der Waals surface area contributed by atoms with E-state index in [1.165, 1.54) is 0 Å². The summed E-state index contributed by atoms with van der Waals surface area (Å²) in [5.74, 6) is 1.43. The number of hydrogen-bond donors (Lipinski definition) is 1. The predicted molar refractivity (Wildman–Crippen MR) is 62.2 cm³/mol. The van der Waals surface area contributed by atoms with Gasteiger partial charge in [0.15, 0.2) is 5.78 Å². The number of Topliss-reactive ketones (excluding diaryl/α,β-unsaturated/α-hetero) is 1. The summed E-state index contributed by atoms with van der Waals surface area (Å²) in [7, 11) is 0. The van der Waals surface area contributed by atoms with Gasteiger partial charge >= 0.3 is 0 Å². The molecule has 0 unspecified atom stereocenters. The fourth-order valence-corrected chi connectivity index (χ4v) is 1.76. The van der Waals surface area contributed by atoms with Crippen molar-refractivity contribution in [3.63, 3.8) is 0 Å². The Labute approximate surface area is 92.8 Å². The van der Waals surface area contributed by atoms with Crippen molar-refractivity contribution in [3.05, 3.63) is 34.9 Å². The lowest BCUT2D eigenvalue weighted by molar-refractivity contribution is 0.102. The van der Waals surface area contributed by atoms with Gasteiger partial charge in [-0.1, -0.05) is 11.6 Å². The monoisotopic (exact) mass is 229 g/mol. The van der Waals surface area contributed by atoms with Gasteiger partial charge in [-0.05, 0) is 24.3 Å². The molecule has 0 saturated heterocycles.